The summed E-state index contributed by atoms with van der Waals surface area (Å²) in [5.74, 6) is -1.51. The largest absolute Gasteiger partial charge is 0.458 e. The number of imide groups is 1. The Morgan fingerprint density at radius 3 is 2.44 bits per heavy atom. The quantitative estimate of drug-likeness (QED) is 0.585. The zero-order chi connectivity index (χ0) is 18.8. The van der Waals surface area contributed by atoms with Crippen LogP contribution in [0.1, 0.15) is 31.4 Å². The lowest BCUT2D eigenvalue weighted by Gasteiger charge is -2.19. The first kappa shape index (κ1) is 17.9. The summed E-state index contributed by atoms with van der Waals surface area (Å²) < 4.78 is 5.25. The second kappa shape index (κ2) is 7.60. The molecule has 0 spiro atoms. The highest BCUT2D eigenvalue weighted by atomic mass is 32.1. The summed E-state index contributed by atoms with van der Waals surface area (Å²) in [4.78, 5) is 42.5. The molecule has 2 atom stereocenters. The van der Waals surface area contributed by atoms with E-state index >= 15 is 0 Å². The van der Waals surface area contributed by atoms with Crippen molar-refractivity contribution in [2.45, 2.75) is 32.3 Å². The maximum absolute atomic E-state index is 12.4. The number of ether oxygens (including phenoxy) is 1. The number of amides is 2. The van der Waals surface area contributed by atoms with Crippen molar-refractivity contribution in [3.63, 3.8) is 0 Å². The van der Waals surface area contributed by atoms with Crippen molar-refractivity contribution in [2.24, 2.45) is 11.8 Å². The Labute approximate surface area is 161 Å². The van der Waals surface area contributed by atoms with Crippen LogP contribution in [0.2, 0.25) is 0 Å². The van der Waals surface area contributed by atoms with E-state index in [0.29, 0.717) is 5.69 Å². The minimum absolute atomic E-state index is 0.0330. The Morgan fingerprint density at radius 2 is 1.78 bits per heavy atom. The summed E-state index contributed by atoms with van der Waals surface area (Å²) in [6, 6.07) is 9.77. The number of hydrogen-bond acceptors (Lipinski definition) is 6. The fourth-order valence-corrected chi connectivity index (χ4v) is 4.61. The van der Waals surface area contributed by atoms with E-state index in [9.17, 15) is 14.4 Å². The molecule has 6 nitrogen and oxygen atoms in total. The van der Waals surface area contributed by atoms with E-state index in [0.717, 1.165) is 41.2 Å². The maximum atomic E-state index is 12.4. The van der Waals surface area contributed by atoms with Crippen LogP contribution in [0.15, 0.2) is 35.7 Å². The Morgan fingerprint density at radius 1 is 1.11 bits per heavy atom. The van der Waals surface area contributed by atoms with E-state index in [-0.39, 0.29) is 36.8 Å². The molecule has 0 N–H and O–H groups in total. The number of carbonyl (C=O) groups is 3. The predicted molar refractivity (Wildman–Crippen MR) is 99.5 cm³/mol. The molecule has 2 aliphatic rings. The molecule has 1 aromatic heterocycles. The number of nitrogens with zero attached hydrogens (tertiary/aromatic N) is 2. The average Bonchev–Trinajstić information content (AvgIpc) is 3.27. The lowest BCUT2D eigenvalue weighted by atomic mass is 9.81. The van der Waals surface area contributed by atoms with Gasteiger partial charge in [-0.15, -0.1) is 11.3 Å². The SMILES string of the molecule is O=C(CN1C(=O)[C@H]2CCCC[C@H]2C1=O)OCc1csc(-c2ccccc2)n1. The fourth-order valence-electron chi connectivity index (χ4n) is 3.80. The molecule has 27 heavy (non-hydrogen) atoms. The van der Waals surface area contributed by atoms with Crippen LogP contribution in [-0.2, 0) is 25.7 Å². The van der Waals surface area contributed by atoms with Crippen LogP contribution >= 0.6 is 11.3 Å². The van der Waals surface area contributed by atoms with Crippen molar-refractivity contribution in [1.29, 1.82) is 0 Å². The molecular weight excluding hydrogens is 364 g/mol. The van der Waals surface area contributed by atoms with Crippen LogP contribution in [0.5, 0.6) is 0 Å². The highest BCUT2D eigenvalue weighted by molar-refractivity contribution is 7.13. The van der Waals surface area contributed by atoms with Crippen LogP contribution < -0.4 is 0 Å². The summed E-state index contributed by atoms with van der Waals surface area (Å²) in [6.45, 7) is -0.272. The van der Waals surface area contributed by atoms with Gasteiger partial charge in [0.2, 0.25) is 11.8 Å². The summed E-state index contributed by atoms with van der Waals surface area (Å²) in [6.07, 6.45) is 3.40. The molecule has 1 saturated carbocycles. The average molecular weight is 384 g/mol. The van der Waals surface area contributed by atoms with Crippen molar-refractivity contribution in [3.05, 3.63) is 41.4 Å². The van der Waals surface area contributed by atoms with Gasteiger partial charge in [0.15, 0.2) is 0 Å². The van der Waals surface area contributed by atoms with Crippen molar-refractivity contribution >= 4 is 29.1 Å². The van der Waals surface area contributed by atoms with E-state index in [1.54, 1.807) is 0 Å². The van der Waals surface area contributed by atoms with Gasteiger partial charge in [-0.05, 0) is 12.8 Å². The minimum Gasteiger partial charge on any atom is -0.458 e. The Kier molecular flexibility index (Phi) is 5.03. The standard InChI is InChI=1S/C20H20N2O4S/c23-17(10-22-19(24)15-8-4-5-9-16(15)20(22)25)26-11-14-12-27-18(21-14)13-6-2-1-3-7-13/h1-3,6-7,12,15-16H,4-5,8-11H2/t15-,16+. The molecule has 1 aromatic carbocycles. The first-order valence-electron chi connectivity index (χ1n) is 9.14. The van der Waals surface area contributed by atoms with Crippen molar-refractivity contribution in [2.75, 3.05) is 6.54 Å². The van der Waals surface area contributed by atoms with Gasteiger partial charge in [0.1, 0.15) is 18.2 Å². The number of benzene rings is 1. The van der Waals surface area contributed by atoms with Gasteiger partial charge in [0.25, 0.3) is 0 Å². The number of fused-ring (bicyclic) bond motifs is 1. The van der Waals surface area contributed by atoms with Gasteiger partial charge < -0.3 is 4.74 Å². The summed E-state index contributed by atoms with van der Waals surface area (Å²) >= 11 is 1.48. The number of likely N-dealkylation sites (tertiary alicyclic amines) is 1. The Balaban J connectivity index is 1.33. The molecule has 4 rings (SSSR count). The second-order valence-corrected chi connectivity index (χ2v) is 7.79. The first-order valence-corrected chi connectivity index (χ1v) is 10.0. The molecular formula is C20H20N2O4S. The van der Waals surface area contributed by atoms with Crippen molar-refractivity contribution in [1.82, 2.24) is 9.88 Å². The van der Waals surface area contributed by atoms with Crippen molar-refractivity contribution in [3.8, 4) is 10.6 Å². The van der Waals surface area contributed by atoms with Gasteiger partial charge in [0.05, 0.1) is 17.5 Å². The minimum atomic E-state index is -0.579. The second-order valence-electron chi connectivity index (χ2n) is 6.93. The number of hydrogen-bond donors (Lipinski definition) is 0. The van der Waals surface area contributed by atoms with Gasteiger partial charge in [-0.3, -0.25) is 19.3 Å². The number of thiazole rings is 1. The van der Waals surface area contributed by atoms with Crippen LogP contribution in [0, 0.1) is 11.8 Å². The highest BCUT2D eigenvalue weighted by Gasteiger charge is 2.48. The van der Waals surface area contributed by atoms with Gasteiger partial charge in [-0.25, -0.2) is 4.98 Å². The van der Waals surface area contributed by atoms with E-state index in [1.165, 1.54) is 11.3 Å². The number of aromatic nitrogens is 1. The molecule has 2 fully saturated rings. The highest BCUT2D eigenvalue weighted by Crippen LogP contribution is 2.37. The molecule has 2 aromatic rings. The summed E-state index contributed by atoms with van der Waals surface area (Å²) in [5, 5.41) is 2.70. The van der Waals surface area contributed by atoms with Gasteiger partial charge >= 0.3 is 5.97 Å². The van der Waals surface area contributed by atoms with Crippen molar-refractivity contribution < 1.29 is 19.1 Å². The summed E-state index contributed by atoms with van der Waals surface area (Å²) in [7, 11) is 0. The normalized spacial score (nSPS) is 22.0. The number of esters is 1. The van der Waals surface area contributed by atoms with Gasteiger partial charge in [-0.1, -0.05) is 43.2 Å². The Hall–Kier alpha value is -2.54. The molecule has 1 aliphatic heterocycles. The third-order valence-electron chi connectivity index (χ3n) is 5.17. The zero-order valence-corrected chi connectivity index (χ0v) is 15.6. The van der Waals surface area contributed by atoms with E-state index in [2.05, 4.69) is 4.98 Å². The van der Waals surface area contributed by atoms with E-state index in [1.807, 2.05) is 35.7 Å². The molecule has 1 aliphatic carbocycles. The van der Waals surface area contributed by atoms with Gasteiger partial charge in [0, 0.05) is 10.9 Å². The van der Waals surface area contributed by atoms with Gasteiger partial charge in [-0.2, -0.15) is 0 Å². The lowest BCUT2D eigenvalue weighted by Crippen LogP contribution is -2.36. The molecule has 7 heteroatoms. The maximum Gasteiger partial charge on any atom is 0.326 e. The lowest BCUT2D eigenvalue weighted by molar-refractivity contribution is -0.153. The first-order chi connectivity index (χ1) is 13.1. The topological polar surface area (TPSA) is 76.6 Å². The van der Waals surface area contributed by atoms with E-state index < -0.39 is 5.97 Å². The third kappa shape index (κ3) is 3.64. The number of carbonyl (C=O) groups excluding carboxylic acids is 3. The molecule has 1 saturated heterocycles. The molecule has 2 heterocycles. The Bertz CT molecular complexity index is 840. The van der Waals surface area contributed by atoms with Crippen LogP contribution in [0.25, 0.3) is 10.6 Å². The molecule has 140 valence electrons. The smallest absolute Gasteiger partial charge is 0.326 e. The molecule has 0 radical (unpaired) electrons. The number of rotatable bonds is 5. The molecule has 0 unspecified atom stereocenters. The molecule has 2 amide bonds. The summed E-state index contributed by atoms with van der Waals surface area (Å²) in [5.41, 5.74) is 1.66. The third-order valence-corrected chi connectivity index (χ3v) is 6.11. The monoisotopic (exact) mass is 384 g/mol. The van der Waals surface area contributed by atoms with Crippen LogP contribution in [-0.4, -0.2) is 34.2 Å². The van der Waals surface area contributed by atoms with Crippen LogP contribution in [0.3, 0.4) is 0 Å². The zero-order valence-electron chi connectivity index (χ0n) is 14.8. The fraction of sp³-hybridized carbons (Fsp3) is 0.400. The predicted octanol–water partition coefficient (Wildman–Crippen LogP) is 3.03. The van der Waals surface area contributed by atoms with Crippen LogP contribution in [0.4, 0.5) is 0 Å². The molecule has 0 bridgehead atoms. The van der Waals surface area contributed by atoms with E-state index in [4.69, 9.17) is 4.74 Å².